The van der Waals surface area contributed by atoms with Crippen LogP contribution in [0.1, 0.15) is 25.7 Å². The molecule has 0 spiro atoms. The maximum Gasteiger partial charge on any atom is 0.344 e. The number of nitrogens with two attached hydrogens (primary N) is 1. The molecule has 0 unspecified atom stereocenters. The van der Waals surface area contributed by atoms with Crippen molar-refractivity contribution in [3.63, 3.8) is 0 Å². The maximum atomic E-state index is 11.7. The highest BCUT2D eigenvalue weighted by Gasteiger charge is 2.13. The molecule has 2 heterocycles. The van der Waals surface area contributed by atoms with Crippen LogP contribution < -0.4 is 11.4 Å². The number of nitrogen functional groups attached to an aromatic ring is 1. The average molecular weight is 304 g/mol. The second-order valence-corrected chi connectivity index (χ2v) is 5.97. The van der Waals surface area contributed by atoms with Crippen molar-refractivity contribution in [2.75, 3.05) is 5.73 Å². The molecule has 4 N–H and O–H groups in total. The molecule has 0 bridgehead atoms. The topological polar surface area (TPSA) is 105 Å². The van der Waals surface area contributed by atoms with Crippen LogP contribution in [0, 0.1) is 0 Å². The third kappa shape index (κ3) is 2.66. The van der Waals surface area contributed by atoms with Gasteiger partial charge < -0.3 is 10.7 Å². The maximum absolute atomic E-state index is 11.7. The van der Waals surface area contributed by atoms with Gasteiger partial charge in [-0.1, -0.05) is 11.8 Å². The molecule has 3 aromatic rings. The van der Waals surface area contributed by atoms with Gasteiger partial charge in [0.1, 0.15) is 5.82 Å². The summed E-state index contributed by atoms with van der Waals surface area (Å²) in [5.74, 6) is 1.43. The summed E-state index contributed by atoms with van der Waals surface area (Å²) in [6, 6.07) is 5.63. The van der Waals surface area contributed by atoms with Crippen LogP contribution >= 0.6 is 11.8 Å². The van der Waals surface area contributed by atoms with E-state index in [1.807, 2.05) is 32.0 Å². The summed E-state index contributed by atoms with van der Waals surface area (Å²) in [7, 11) is 0. The van der Waals surface area contributed by atoms with Crippen molar-refractivity contribution in [3.05, 3.63) is 34.5 Å². The molecule has 3 rings (SSSR count). The van der Waals surface area contributed by atoms with Gasteiger partial charge in [-0.05, 0) is 32.0 Å². The summed E-state index contributed by atoms with van der Waals surface area (Å²) in [5.41, 5.74) is 8.05. The predicted octanol–water partition coefficient (Wildman–Crippen LogP) is 1.90. The van der Waals surface area contributed by atoms with Gasteiger partial charge in [0.05, 0.1) is 16.8 Å². The zero-order chi connectivity index (χ0) is 15.0. The van der Waals surface area contributed by atoms with Crippen LogP contribution in [-0.2, 0) is 5.75 Å². The number of hydrogen-bond donors (Lipinski definition) is 3. The number of aromatic nitrogens is 5. The number of rotatable bonds is 4. The Labute approximate surface area is 125 Å². The average Bonchev–Trinajstić information content (AvgIpc) is 2.98. The number of nitrogens with zero attached hydrogens (tertiary/aromatic N) is 3. The Morgan fingerprint density at radius 3 is 3.00 bits per heavy atom. The molecule has 0 aliphatic carbocycles. The molecule has 0 saturated heterocycles. The van der Waals surface area contributed by atoms with E-state index < -0.39 is 0 Å². The molecule has 21 heavy (non-hydrogen) atoms. The van der Waals surface area contributed by atoms with Crippen LogP contribution in [0.3, 0.4) is 0 Å². The van der Waals surface area contributed by atoms with Crippen molar-refractivity contribution in [3.8, 4) is 0 Å². The van der Waals surface area contributed by atoms with Crippen molar-refractivity contribution in [1.29, 1.82) is 0 Å². The van der Waals surface area contributed by atoms with E-state index in [2.05, 4.69) is 20.2 Å². The number of hydrogen-bond acceptors (Lipinski definition) is 5. The molecule has 1 aromatic carbocycles. The fourth-order valence-electron chi connectivity index (χ4n) is 2.13. The molecule has 0 aliphatic rings. The minimum absolute atomic E-state index is 0.0641. The molecular weight excluding hydrogens is 288 g/mol. The van der Waals surface area contributed by atoms with E-state index in [1.54, 1.807) is 4.57 Å². The fourth-order valence-corrected chi connectivity index (χ4v) is 3.07. The van der Waals surface area contributed by atoms with Gasteiger partial charge in [0, 0.05) is 11.7 Å². The van der Waals surface area contributed by atoms with Crippen LogP contribution in [0.15, 0.2) is 28.2 Å². The number of aromatic amines is 2. The number of H-pyrrole nitrogens is 2. The highest BCUT2D eigenvalue weighted by molar-refractivity contribution is 7.98. The van der Waals surface area contributed by atoms with E-state index in [0.29, 0.717) is 16.6 Å². The quantitative estimate of drug-likeness (QED) is 0.504. The number of benzene rings is 1. The molecule has 2 aromatic heterocycles. The smallest absolute Gasteiger partial charge is 0.344 e. The molecule has 0 amide bonds. The van der Waals surface area contributed by atoms with Gasteiger partial charge in [-0.25, -0.2) is 14.9 Å². The zero-order valence-corrected chi connectivity index (χ0v) is 12.6. The summed E-state index contributed by atoms with van der Waals surface area (Å²) >= 11 is 1.46. The third-order valence-corrected chi connectivity index (χ3v) is 4.05. The number of anilines is 1. The summed E-state index contributed by atoms with van der Waals surface area (Å²) in [6.07, 6.45) is 0. The molecule has 8 heteroatoms. The van der Waals surface area contributed by atoms with Gasteiger partial charge in [0.15, 0.2) is 5.16 Å². The Bertz CT molecular complexity index is 831. The van der Waals surface area contributed by atoms with Crippen LogP contribution in [0.25, 0.3) is 11.0 Å². The van der Waals surface area contributed by atoms with E-state index in [0.717, 1.165) is 16.9 Å². The molecule has 0 radical (unpaired) electrons. The summed E-state index contributed by atoms with van der Waals surface area (Å²) in [4.78, 5) is 19.4. The van der Waals surface area contributed by atoms with Crippen molar-refractivity contribution >= 4 is 28.5 Å². The molecule has 7 nitrogen and oxygen atoms in total. The SMILES string of the molecule is CC(C)n1c(SCc2nc3ccc(N)cc3[nH]2)n[nH]c1=O. The lowest BCUT2D eigenvalue weighted by Crippen LogP contribution is -2.19. The number of fused-ring (bicyclic) bond motifs is 1. The normalized spacial score (nSPS) is 11.6. The largest absolute Gasteiger partial charge is 0.399 e. The fraction of sp³-hybridized carbons (Fsp3) is 0.308. The summed E-state index contributed by atoms with van der Waals surface area (Å²) in [6.45, 7) is 3.90. The van der Waals surface area contributed by atoms with Crippen molar-refractivity contribution in [1.82, 2.24) is 24.7 Å². The highest BCUT2D eigenvalue weighted by atomic mass is 32.2. The van der Waals surface area contributed by atoms with Gasteiger partial charge >= 0.3 is 5.69 Å². The zero-order valence-electron chi connectivity index (χ0n) is 11.8. The Morgan fingerprint density at radius 1 is 1.43 bits per heavy atom. The Morgan fingerprint density at radius 2 is 2.24 bits per heavy atom. The first-order valence-electron chi connectivity index (χ1n) is 6.58. The van der Waals surface area contributed by atoms with Gasteiger partial charge in [0.25, 0.3) is 0 Å². The Hall–Kier alpha value is -2.22. The first-order chi connectivity index (χ1) is 10.0. The molecule has 0 fully saturated rings. The third-order valence-electron chi connectivity index (χ3n) is 3.08. The van der Waals surface area contributed by atoms with Crippen LogP contribution in [0.5, 0.6) is 0 Å². The van der Waals surface area contributed by atoms with E-state index >= 15 is 0 Å². The molecule has 0 saturated carbocycles. The lowest BCUT2D eigenvalue weighted by molar-refractivity contribution is 0.534. The molecule has 0 atom stereocenters. The van der Waals surface area contributed by atoms with Crippen molar-refractivity contribution in [2.45, 2.75) is 30.8 Å². The van der Waals surface area contributed by atoms with Crippen molar-refractivity contribution in [2.24, 2.45) is 0 Å². The predicted molar refractivity (Wildman–Crippen MR) is 83.3 cm³/mol. The van der Waals surface area contributed by atoms with E-state index in [-0.39, 0.29) is 11.7 Å². The van der Waals surface area contributed by atoms with Crippen molar-refractivity contribution < 1.29 is 0 Å². The Balaban J connectivity index is 1.82. The second-order valence-electron chi connectivity index (χ2n) is 5.02. The van der Waals surface area contributed by atoms with E-state index in [1.165, 1.54) is 11.8 Å². The van der Waals surface area contributed by atoms with Crippen LogP contribution in [0.4, 0.5) is 5.69 Å². The minimum Gasteiger partial charge on any atom is -0.399 e. The van der Waals surface area contributed by atoms with Gasteiger partial charge in [0.2, 0.25) is 0 Å². The monoisotopic (exact) mass is 304 g/mol. The number of nitrogens with one attached hydrogen (secondary N) is 2. The number of thioether (sulfide) groups is 1. The summed E-state index contributed by atoms with van der Waals surface area (Å²) in [5, 5.41) is 7.19. The van der Waals surface area contributed by atoms with E-state index in [4.69, 9.17) is 5.73 Å². The molecule has 110 valence electrons. The molecule has 0 aliphatic heterocycles. The standard InChI is InChI=1S/C13H16N6OS/c1-7(2)19-12(20)17-18-13(19)21-6-11-15-9-4-3-8(14)5-10(9)16-11/h3-5,7H,6,14H2,1-2H3,(H,15,16)(H,17,20). The summed E-state index contributed by atoms with van der Waals surface area (Å²) < 4.78 is 1.63. The van der Waals surface area contributed by atoms with Gasteiger partial charge in [-0.2, -0.15) is 0 Å². The minimum atomic E-state index is -0.190. The second kappa shape index (κ2) is 5.28. The number of imidazole rings is 1. The molecular formula is C13H16N6OS. The first-order valence-corrected chi connectivity index (χ1v) is 7.57. The van der Waals surface area contributed by atoms with Crippen LogP contribution in [0.2, 0.25) is 0 Å². The van der Waals surface area contributed by atoms with Gasteiger partial charge in [-0.15, -0.1) is 5.10 Å². The van der Waals surface area contributed by atoms with Gasteiger partial charge in [-0.3, -0.25) is 4.57 Å². The lowest BCUT2D eigenvalue weighted by Gasteiger charge is -2.07. The Kier molecular flexibility index (Phi) is 3.46. The lowest BCUT2D eigenvalue weighted by atomic mass is 10.3. The highest BCUT2D eigenvalue weighted by Crippen LogP contribution is 2.22. The van der Waals surface area contributed by atoms with Crippen LogP contribution in [-0.4, -0.2) is 24.7 Å². The van der Waals surface area contributed by atoms with E-state index in [9.17, 15) is 4.79 Å². The first kappa shape index (κ1) is 13.7.